The molecule has 0 aliphatic heterocycles. The van der Waals surface area contributed by atoms with E-state index in [0.717, 1.165) is 12.0 Å². The molecule has 0 unspecified atom stereocenters. The number of unbranched alkanes of at least 4 members (excludes halogenated alkanes) is 1. The van der Waals surface area contributed by atoms with Crippen LogP contribution >= 0.6 is 11.8 Å². The lowest BCUT2D eigenvalue weighted by atomic mass is 10.0. The van der Waals surface area contributed by atoms with Crippen LogP contribution in [0, 0.1) is 13.8 Å². The molecule has 214 valence electrons. The van der Waals surface area contributed by atoms with Gasteiger partial charge in [0.15, 0.2) is 0 Å². The van der Waals surface area contributed by atoms with Crippen LogP contribution in [-0.4, -0.2) is 47.8 Å². The highest BCUT2D eigenvalue weighted by molar-refractivity contribution is 7.98. The van der Waals surface area contributed by atoms with Crippen LogP contribution in [0.25, 0.3) is 11.0 Å². The van der Waals surface area contributed by atoms with E-state index in [2.05, 4.69) is 10.6 Å². The van der Waals surface area contributed by atoms with Gasteiger partial charge in [0.25, 0.3) is 0 Å². The molecule has 3 aromatic rings. The summed E-state index contributed by atoms with van der Waals surface area (Å²) < 4.78 is 10.9. The number of aryl methyl sites for hydroxylation is 2. The Morgan fingerprint density at radius 3 is 2.40 bits per heavy atom. The Morgan fingerprint density at radius 1 is 1.02 bits per heavy atom. The summed E-state index contributed by atoms with van der Waals surface area (Å²) in [4.78, 5) is 50.8. The van der Waals surface area contributed by atoms with Crippen molar-refractivity contribution < 1.29 is 28.6 Å². The fourth-order valence-electron chi connectivity index (χ4n) is 4.40. The molecule has 3 N–H and O–H groups in total. The quantitative estimate of drug-likeness (QED) is 0.247. The topological polar surface area (TPSA) is 135 Å². The van der Waals surface area contributed by atoms with Crippen molar-refractivity contribution in [1.29, 1.82) is 0 Å². The highest BCUT2D eigenvalue weighted by Gasteiger charge is 2.27. The maximum absolute atomic E-state index is 13.1. The molecule has 40 heavy (non-hydrogen) atoms. The van der Waals surface area contributed by atoms with Crippen molar-refractivity contribution in [3.8, 4) is 5.75 Å². The molecule has 0 aliphatic rings. The number of aliphatic carboxylic acids is 1. The fourth-order valence-corrected chi connectivity index (χ4v) is 5.40. The first kappa shape index (κ1) is 30.7. The summed E-state index contributed by atoms with van der Waals surface area (Å²) in [7, 11) is 1.53. The molecule has 1 aromatic heterocycles. The first-order valence-corrected chi connectivity index (χ1v) is 14.4. The summed E-state index contributed by atoms with van der Waals surface area (Å²) >= 11 is 1.40. The fraction of sp³-hybridized carbons (Fsp3) is 0.400. The van der Waals surface area contributed by atoms with Crippen molar-refractivity contribution in [1.82, 2.24) is 10.6 Å². The lowest BCUT2D eigenvalue weighted by Gasteiger charge is -2.21. The van der Waals surface area contributed by atoms with Crippen LogP contribution in [0.4, 0.5) is 0 Å². The van der Waals surface area contributed by atoms with Gasteiger partial charge < -0.3 is 24.9 Å². The van der Waals surface area contributed by atoms with E-state index >= 15 is 0 Å². The smallest absolute Gasteiger partial charge is 0.340 e. The predicted octanol–water partition coefficient (Wildman–Crippen LogP) is 4.14. The highest BCUT2D eigenvalue weighted by Crippen LogP contribution is 2.29. The first-order valence-electron chi connectivity index (χ1n) is 13.2. The van der Waals surface area contributed by atoms with Gasteiger partial charge in [-0.3, -0.25) is 9.59 Å². The minimum absolute atomic E-state index is 0.173. The summed E-state index contributed by atoms with van der Waals surface area (Å²) in [5.74, 6) is -0.877. The number of ether oxygens (including phenoxy) is 1. The molecule has 2 amide bonds. The third kappa shape index (κ3) is 7.88. The van der Waals surface area contributed by atoms with Gasteiger partial charge in [-0.2, -0.15) is 11.8 Å². The number of amides is 2. The van der Waals surface area contributed by atoms with Gasteiger partial charge in [0.2, 0.25) is 11.8 Å². The van der Waals surface area contributed by atoms with Crippen molar-refractivity contribution >= 4 is 40.5 Å². The molecule has 0 bridgehead atoms. The summed E-state index contributed by atoms with van der Waals surface area (Å²) in [5, 5.41) is 15.7. The van der Waals surface area contributed by atoms with Gasteiger partial charge in [0.1, 0.15) is 23.4 Å². The number of hydrogen-bond acceptors (Lipinski definition) is 7. The summed E-state index contributed by atoms with van der Waals surface area (Å²) in [6.07, 6.45) is 1.49. The molecule has 2 aromatic carbocycles. The number of rotatable bonds is 14. The number of benzene rings is 2. The van der Waals surface area contributed by atoms with E-state index in [4.69, 9.17) is 9.15 Å². The van der Waals surface area contributed by atoms with Crippen LogP contribution < -0.4 is 21.0 Å². The van der Waals surface area contributed by atoms with E-state index in [1.165, 1.54) is 18.9 Å². The number of hydrogen-bond donors (Lipinski definition) is 3. The Balaban J connectivity index is 1.70. The second-order valence-electron chi connectivity index (χ2n) is 9.60. The summed E-state index contributed by atoms with van der Waals surface area (Å²) in [6.45, 7) is 5.49. The van der Waals surface area contributed by atoms with E-state index in [-0.39, 0.29) is 17.7 Å². The normalized spacial score (nSPS) is 12.5. The number of carbonyl (C=O) groups is 3. The van der Waals surface area contributed by atoms with Crippen molar-refractivity contribution in [2.45, 2.75) is 64.3 Å². The van der Waals surface area contributed by atoms with Gasteiger partial charge in [0.05, 0.1) is 19.1 Å². The minimum atomic E-state index is -1.15. The van der Waals surface area contributed by atoms with Crippen molar-refractivity contribution in [3.05, 3.63) is 75.1 Å². The maximum Gasteiger partial charge on any atom is 0.340 e. The maximum atomic E-state index is 13.1. The van der Waals surface area contributed by atoms with E-state index in [9.17, 15) is 24.3 Å². The number of carboxylic acids is 1. The number of carboxylic acid groups (broad SMARTS) is 1. The third-order valence-electron chi connectivity index (χ3n) is 6.72. The van der Waals surface area contributed by atoms with Gasteiger partial charge in [0, 0.05) is 22.5 Å². The van der Waals surface area contributed by atoms with Crippen molar-refractivity contribution in [3.63, 3.8) is 0 Å². The van der Waals surface area contributed by atoms with Crippen molar-refractivity contribution in [2.75, 3.05) is 12.9 Å². The number of methoxy groups -OCH3 is 1. The number of fused-ring (bicyclic) bond motifs is 1. The largest absolute Gasteiger partial charge is 0.496 e. The minimum Gasteiger partial charge on any atom is -0.496 e. The Morgan fingerprint density at radius 2 is 1.75 bits per heavy atom. The molecular formula is C30H36N2O7S. The Hall–Kier alpha value is -3.79. The molecule has 0 spiro atoms. The second kappa shape index (κ2) is 14.6. The van der Waals surface area contributed by atoms with Gasteiger partial charge in [-0.05, 0) is 43.5 Å². The average Bonchev–Trinajstić information content (AvgIpc) is 2.93. The molecule has 0 fully saturated rings. The van der Waals surface area contributed by atoms with Crippen LogP contribution in [0.5, 0.6) is 5.75 Å². The molecule has 0 saturated heterocycles. The monoisotopic (exact) mass is 568 g/mol. The van der Waals surface area contributed by atoms with Gasteiger partial charge in [-0.25, -0.2) is 9.59 Å². The standard InChI is InChI=1S/C30H36N2O7S/c1-5-6-12-23(28(34)32-24(29(35)36)17-40-16-20-10-8-7-9-11-20)31-26(33)15-22-18(2)21-13-14-25(38-4)19(3)27(21)39-30(22)37/h7-11,13-14,23-24H,5-6,12,15-17H2,1-4H3,(H,31,33)(H,32,34)(H,35,36)/t23-,24-/m0/s1. The summed E-state index contributed by atoms with van der Waals surface area (Å²) in [6, 6.07) is 11.1. The first-order chi connectivity index (χ1) is 19.2. The van der Waals surface area contributed by atoms with Crippen LogP contribution in [0.2, 0.25) is 0 Å². The number of nitrogens with one attached hydrogen (secondary N) is 2. The molecule has 1 heterocycles. The van der Waals surface area contributed by atoms with Crippen LogP contribution in [-0.2, 0) is 26.6 Å². The van der Waals surface area contributed by atoms with Gasteiger partial charge >= 0.3 is 11.6 Å². The Labute approximate surface area is 237 Å². The molecule has 0 saturated carbocycles. The van der Waals surface area contributed by atoms with Crippen LogP contribution in [0.1, 0.15) is 48.4 Å². The zero-order chi connectivity index (χ0) is 29.2. The van der Waals surface area contributed by atoms with E-state index < -0.39 is 35.5 Å². The molecule has 2 atom stereocenters. The van der Waals surface area contributed by atoms with E-state index in [1.807, 2.05) is 37.3 Å². The Kier molecular flexibility index (Phi) is 11.2. The number of thioether (sulfide) groups is 1. The lowest BCUT2D eigenvalue weighted by molar-refractivity contribution is -0.141. The predicted molar refractivity (Wildman–Crippen MR) is 156 cm³/mol. The second-order valence-corrected chi connectivity index (χ2v) is 10.6. The van der Waals surface area contributed by atoms with E-state index in [1.54, 1.807) is 26.0 Å². The highest BCUT2D eigenvalue weighted by atomic mass is 32.2. The number of carbonyl (C=O) groups excluding carboxylic acids is 2. The summed E-state index contributed by atoms with van der Waals surface area (Å²) in [5.41, 5.74) is 2.32. The van der Waals surface area contributed by atoms with Gasteiger partial charge in [-0.15, -0.1) is 0 Å². The lowest BCUT2D eigenvalue weighted by Crippen LogP contribution is -2.52. The Bertz CT molecular complexity index is 1400. The molecule has 0 aliphatic carbocycles. The van der Waals surface area contributed by atoms with Crippen LogP contribution in [0.15, 0.2) is 51.7 Å². The zero-order valence-electron chi connectivity index (χ0n) is 23.2. The molecule has 0 radical (unpaired) electrons. The van der Waals surface area contributed by atoms with Gasteiger partial charge in [-0.1, -0.05) is 50.1 Å². The molecule has 9 nitrogen and oxygen atoms in total. The average molecular weight is 569 g/mol. The van der Waals surface area contributed by atoms with Crippen LogP contribution in [0.3, 0.4) is 0 Å². The molecular weight excluding hydrogens is 532 g/mol. The third-order valence-corrected chi connectivity index (χ3v) is 7.83. The molecule has 3 rings (SSSR count). The van der Waals surface area contributed by atoms with Crippen molar-refractivity contribution in [2.24, 2.45) is 0 Å². The SMILES string of the molecule is CCCC[C@H](NC(=O)Cc1c(C)c2ccc(OC)c(C)c2oc1=O)C(=O)N[C@@H](CSCc1ccccc1)C(=O)O. The van der Waals surface area contributed by atoms with E-state index in [0.29, 0.717) is 46.4 Å². The molecule has 10 heteroatoms. The zero-order valence-corrected chi connectivity index (χ0v) is 24.1.